The van der Waals surface area contributed by atoms with Crippen LogP contribution in [0.5, 0.6) is 0 Å². The van der Waals surface area contributed by atoms with Crippen LogP contribution in [0.2, 0.25) is 0 Å². The van der Waals surface area contributed by atoms with Crippen molar-refractivity contribution in [2.24, 2.45) is 0 Å². The smallest absolute Gasteiger partial charge is 0.269 e. The summed E-state index contributed by atoms with van der Waals surface area (Å²) in [6.45, 7) is 8.06. The van der Waals surface area contributed by atoms with E-state index in [1.165, 1.54) is 24.3 Å². The molecule has 1 amide bonds. The Balaban J connectivity index is 2.72. The number of carbonyl (C=O) groups is 1. The minimum Gasteiger partial charge on any atom is -0.389 e. The predicted octanol–water partition coefficient (Wildman–Crippen LogP) is 2.01. The second-order valence-electron chi connectivity index (χ2n) is 5.84. The molecule has 0 aromatic heterocycles. The number of aliphatic hydroxyl groups is 1. The van der Waals surface area contributed by atoms with Crippen molar-refractivity contribution in [3.8, 4) is 0 Å². The van der Waals surface area contributed by atoms with Crippen molar-refractivity contribution in [1.29, 1.82) is 0 Å². The average Bonchev–Trinajstić information content (AvgIpc) is 2.43. The minimum atomic E-state index is -0.891. The van der Waals surface area contributed by atoms with Crippen LogP contribution in [0.4, 0.5) is 11.4 Å². The summed E-state index contributed by atoms with van der Waals surface area (Å²) >= 11 is 0. The molecule has 0 saturated heterocycles. The van der Waals surface area contributed by atoms with Crippen molar-refractivity contribution in [2.45, 2.75) is 39.3 Å². The van der Waals surface area contributed by atoms with Gasteiger partial charge in [-0.3, -0.25) is 19.8 Å². The molecule has 0 aliphatic rings. The topological polar surface area (TPSA) is 95.7 Å². The molecule has 0 radical (unpaired) electrons. The van der Waals surface area contributed by atoms with Gasteiger partial charge in [0.2, 0.25) is 5.91 Å². The first-order valence-electron chi connectivity index (χ1n) is 7.16. The van der Waals surface area contributed by atoms with Gasteiger partial charge in [0.1, 0.15) is 0 Å². The first kappa shape index (κ1) is 18.1. The largest absolute Gasteiger partial charge is 0.389 e. The van der Waals surface area contributed by atoms with E-state index in [9.17, 15) is 20.0 Å². The maximum absolute atomic E-state index is 12.2. The van der Waals surface area contributed by atoms with Crippen LogP contribution in [0.1, 0.15) is 27.7 Å². The Hall–Kier alpha value is -1.99. The van der Waals surface area contributed by atoms with Gasteiger partial charge in [-0.05, 0) is 39.4 Å². The lowest BCUT2D eigenvalue weighted by molar-refractivity contribution is -0.384. The highest BCUT2D eigenvalue weighted by Gasteiger charge is 2.25. The first-order chi connectivity index (χ1) is 10.1. The number of amides is 1. The molecule has 22 heavy (non-hydrogen) atoms. The van der Waals surface area contributed by atoms with Gasteiger partial charge in [0, 0.05) is 24.4 Å². The Morgan fingerprint density at radius 3 is 2.36 bits per heavy atom. The molecule has 2 N–H and O–H groups in total. The number of nitrogens with zero attached hydrogens (tertiary/aromatic N) is 2. The number of likely N-dealkylation sites (N-methyl/N-ethyl adjacent to an activating group) is 1. The maximum atomic E-state index is 12.2. The Morgan fingerprint density at radius 2 is 1.95 bits per heavy atom. The number of benzene rings is 1. The van der Waals surface area contributed by atoms with Gasteiger partial charge >= 0.3 is 0 Å². The van der Waals surface area contributed by atoms with Crippen molar-refractivity contribution in [2.75, 3.05) is 18.4 Å². The van der Waals surface area contributed by atoms with Gasteiger partial charge in [-0.25, -0.2) is 0 Å². The molecular weight excluding hydrogens is 286 g/mol. The summed E-state index contributed by atoms with van der Waals surface area (Å²) in [5.74, 6) is -0.222. The maximum Gasteiger partial charge on any atom is 0.269 e. The van der Waals surface area contributed by atoms with E-state index in [4.69, 9.17) is 0 Å². The number of nitro benzene ring substituents is 1. The summed E-state index contributed by atoms with van der Waals surface area (Å²) in [7, 11) is 0. The van der Waals surface area contributed by atoms with Gasteiger partial charge in [0.15, 0.2) is 0 Å². The number of anilines is 1. The zero-order valence-corrected chi connectivity index (χ0v) is 13.4. The molecule has 1 rings (SSSR count). The van der Waals surface area contributed by atoms with E-state index < -0.39 is 16.6 Å². The summed E-state index contributed by atoms with van der Waals surface area (Å²) in [5, 5.41) is 23.2. The number of hydrogen-bond acceptors (Lipinski definition) is 5. The Kier molecular flexibility index (Phi) is 6.01. The van der Waals surface area contributed by atoms with Crippen molar-refractivity contribution in [3.63, 3.8) is 0 Å². The van der Waals surface area contributed by atoms with Crippen molar-refractivity contribution < 1.29 is 14.8 Å². The Morgan fingerprint density at radius 1 is 1.41 bits per heavy atom. The SMILES string of the molecule is CCN(CC(C)(C)O)C(C)C(=O)Nc1ccc([N+](=O)[O-])cc1. The molecular formula is C15H23N3O4. The van der Waals surface area contributed by atoms with E-state index in [0.29, 0.717) is 18.8 Å². The third kappa shape index (κ3) is 5.42. The van der Waals surface area contributed by atoms with Crippen LogP contribution in [-0.4, -0.2) is 45.6 Å². The molecule has 0 saturated carbocycles. The van der Waals surface area contributed by atoms with Gasteiger partial charge < -0.3 is 10.4 Å². The molecule has 0 aliphatic carbocycles. The Bertz CT molecular complexity index is 523. The van der Waals surface area contributed by atoms with E-state index >= 15 is 0 Å². The molecule has 1 unspecified atom stereocenters. The molecule has 1 atom stereocenters. The van der Waals surface area contributed by atoms with Crippen LogP contribution in [0, 0.1) is 10.1 Å². The molecule has 0 heterocycles. The van der Waals surface area contributed by atoms with Gasteiger partial charge in [-0.2, -0.15) is 0 Å². The molecule has 1 aromatic carbocycles. The van der Waals surface area contributed by atoms with Crippen LogP contribution < -0.4 is 5.32 Å². The van der Waals surface area contributed by atoms with Crippen LogP contribution in [0.3, 0.4) is 0 Å². The number of non-ortho nitro benzene ring substituents is 1. The molecule has 1 aromatic rings. The fourth-order valence-corrected chi connectivity index (χ4v) is 2.10. The van der Waals surface area contributed by atoms with Crippen LogP contribution in [-0.2, 0) is 4.79 Å². The summed E-state index contributed by atoms with van der Waals surface area (Å²) < 4.78 is 0. The standard InChI is InChI=1S/C15H23N3O4/c1-5-17(10-15(3,4)20)11(2)14(19)16-12-6-8-13(9-7-12)18(21)22/h6-9,11,20H,5,10H2,1-4H3,(H,16,19). The van der Waals surface area contributed by atoms with E-state index in [1.807, 2.05) is 11.8 Å². The molecule has 0 spiro atoms. The number of rotatable bonds is 7. The van der Waals surface area contributed by atoms with Gasteiger partial charge in [-0.15, -0.1) is 0 Å². The van der Waals surface area contributed by atoms with Gasteiger partial charge in [-0.1, -0.05) is 6.92 Å². The summed E-state index contributed by atoms with van der Waals surface area (Å²) in [4.78, 5) is 24.2. The third-order valence-corrected chi connectivity index (χ3v) is 3.27. The highest BCUT2D eigenvalue weighted by atomic mass is 16.6. The lowest BCUT2D eigenvalue weighted by Gasteiger charge is -2.32. The predicted molar refractivity (Wildman–Crippen MR) is 84.7 cm³/mol. The molecule has 122 valence electrons. The minimum absolute atomic E-state index is 0.0248. The molecule has 0 bridgehead atoms. The zero-order chi connectivity index (χ0) is 16.9. The van der Waals surface area contributed by atoms with E-state index in [1.54, 1.807) is 20.8 Å². The van der Waals surface area contributed by atoms with Gasteiger partial charge in [0.05, 0.1) is 16.6 Å². The van der Waals surface area contributed by atoms with Crippen molar-refractivity contribution in [3.05, 3.63) is 34.4 Å². The highest BCUT2D eigenvalue weighted by Crippen LogP contribution is 2.16. The van der Waals surface area contributed by atoms with Crippen molar-refractivity contribution >= 4 is 17.3 Å². The van der Waals surface area contributed by atoms with Crippen molar-refractivity contribution in [1.82, 2.24) is 4.90 Å². The second-order valence-corrected chi connectivity index (χ2v) is 5.84. The van der Waals surface area contributed by atoms with Crippen LogP contribution >= 0.6 is 0 Å². The summed E-state index contributed by atoms with van der Waals surface area (Å²) in [6.07, 6.45) is 0. The fourth-order valence-electron chi connectivity index (χ4n) is 2.10. The normalized spacial score (nSPS) is 13.0. The first-order valence-corrected chi connectivity index (χ1v) is 7.16. The van der Waals surface area contributed by atoms with Gasteiger partial charge in [0.25, 0.3) is 5.69 Å². The molecule has 0 fully saturated rings. The third-order valence-electron chi connectivity index (χ3n) is 3.27. The Labute approximate surface area is 130 Å². The number of hydrogen-bond donors (Lipinski definition) is 2. The highest BCUT2D eigenvalue weighted by molar-refractivity contribution is 5.94. The zero-order valence-electron chi connectivity index (χ0n) is 13.4. The quantitative estimate of drug-likeness (QED) is 0.593. The monoisotopic (exact) mass is 309 g/mol. The lowest BCUT2D eigenvalue weighted by atomic mass is 10.1. The number of carbonyl (C=O) groups excluding carboxylic acids is 1. The molecule has 7 nitrogen and oxygen atoms in total. The molecule has 0 aliphatic heterocycles. The average molecular weight is 309 g/mol. The number of nitro groups is 1. The van der Waals surface area contributed by atoms with Crippen LogP contribution in [0.15, 0.2) is 24.3 Å². The van der Waals surface area contributed by atoms with E-state index in [0.717, 1.165) is 0 Å². The summed E-state index contributed by atoms with van der Waals surface area (Å²) in [6, 6.07) is 5.25. The second kappa shape index (κ2) is 7.33. The van der Waals surface area contributed by atoms with Crippen LogP contribution in [0.25, 0.3) is 0 Å². The molecule has 7 heteroatoms. The van der Waals surface area contributed by atoms with E-state index in [2.05, 4.69) is 5.32 Å². The summed E-state index contributed by atoms with van der Waals surface area (Å²) in [5.41, 5.74) is -0.414. The van der Waals surface area contributed by atoms with E-state index in [-0.39, 0.29) is 11.6 Å². The lowest BCUT2D eigenvalue weighted by Crippen LogP contribution is -2.48. The fraction of sp³-hybridized carbons (Fsp3) is 0.533. The number of nitrogens with one attached hydrogen (secondary N) is 1.